The molecule has 0 aromatic carbocycles. The normalized spacial score (nSPS) is 29.5. The topological polar surface area (TPSA) is 38.0 Å². The molecule has 2 rings (SSSR count). The van der Waals surface area contributed by atoms with Crippen molar-refractivity contribution >= 4 is 0 Å². The number of aliphatic hydroxyl groups is 1. The molecule has 1 heterocycles. The Morgan fingerprint density at radius 1 is 1.47 bits per heavy atom. The Bertz CT molecular complexity index is 376. The minimum Gasteiger partial charge on any atom is -0.389 e. The SMILES string of the molecule is CCn1nc(C)cc1CC1(O)CCC(C)CC1. The molecule has 0 saturated heterocycles. The number of hydrogen-bond donors (Lipinski definition) is 1. The summed E-state index contributed by atoms with van der Waals surface area (Å²) in [5.41, 5.74) is 1.74. The molecule has 3 nitrogen and oxygen atoms in total. The van der Waals surface area contributed by atoms with Crippen LogP contribution >= 0.6 is 0 Å². The summed E-state index contributed by atoms with van der Waals surface area (Å²) >= 11 is 0. The lowest BCUT2D eigenvalue weighted by Gasteiger charge is -2.35. The van der Waals surface area contributed by atoms with Crippen LogP contribution in [0, 0.1) is 12.8 Å². The molecule has 0 atom stereocenters. The second-order valence-electron chi connectivity index (χ2n) is 5.68. The van der Waals surface area contributed by atoms with E-state index in [1.54, 1.807) is 0 Å². The van der Waals surface area contributed by atoms with Gasteiger partial charge in [-0.15, -0.1) is 0 Å². The summed E-state index contributed by atoms with van der Waals surface area (Å²) in [5, 5.41) is 15.1. The fraction of sp³-hybridized carbons (Fsp3) is 0.786. The van der Waals surface area contributed by atoms with Crippen LogP contribution in [0.5, 0.6) is 0 Å². The van der Waals surface area contributed by atoms with Crippen molar-refractivity contribution in [2.45, 2.75) is 65.0 Å². The first-order valence-corrected chi connectivity index (χ1v) is 6.78. The van der Waals surface area contributed by atoms with Crippen molar-refractivity contribution in [1.29, 1.82) is 0 Å². The Hall–Kier alpha value is -0.830. The van der Waals surface area contributed by atoms with Crippen molar-refractivity contribution < 1.29 is 5.11 Å². The summed E-state index contributed by atoms with van der Waals surface area (Å²) in [6.07, 6.45) is 4.92. The van der Waals surface area contributed by atoms with Gasteiger partial charge in [-0.05, 0) is 51.5 Å². The van der Waals surface area contributed by atoms with Crippen molar-refractivity contribution in [2.75, 3.05) is 0 Å². The molecule has 0 aliphatic heterocycles. The number of rotatable bonds is 3. The Labute approximate surface area is 104 Å². The minimum absolute atomic E-state index is 0.494. The van der Waals surface area contributed by atoms with Gasteiger partial charge >= 0.3 is 0 Å². The van der Waals surface area contributed by atoms with Gasteiger partial charge in [0.2, 0.25) is 0 Å². The summed E-state index contributed by atoms with van der Waals surface area (Å²) in [6, 6.07) is 2.11. The number of aromatic nitrogens is 2. The lowest BCUT2D eigenvalue weighted by molar-refractivity contribution is -0.00825. The van der Waals surface area contributed by atoms with Crippen molar-refractivity contribution in [3.05, 3.63) is 17.5 Å². The van der Waals surface area contributed by atoms with Gasteiger partial charge in [-0.3, -0.25) is 4.68 Å². The first-order valence-electron chi connectivity index (χ1n) is 6.78. The second kappa shape index (κ2) is 4.81. The fourth-order valence-electron chi connectivity index (χ4n) is 2.83. The van der Waals surface area contributed by atoms with Gasteiger partial charge in [-0.1, -0.05) is 6.92 Å². The van der Waals surface area contributed by atoms with Crippen molar-refractivity contribution in [3.63, 3.8) is 0 Å². The minimum atomic E-state index is -0.494. The van der Waals surface area contributed by atoms with E-state index in [4.69, 9.17) is 0 Å². The predicted octanol–water partition coefficient (Wildman–Crippen LogP) is 2.70. The van der Waals surface area contributed by atoms with Gasteiger partial charge in [-0.25, -0.2) is 0 Å². The maximum Gasteiger partial charge on any atom is 0.0703 e. The third kappa shape index (κ3) is 2.89. The molecule has 0 unspecified atom stereocenters. The third-order valence-electron chi connectivity index (χ3n) is 4.00. The molecule has 1 aliphatic carbocycles. The lowest BCUT2D eigenvalue weighted by Crippen LogP contribution is -2.36. The largest absolute Gasteiger partial charge is 0.389 e. The average Bonchev–Trinajstić information content (AvgIpc) is 2.63. The first-order chi connectivity index (χ1) is 8.02. The molecule has 3 heteroatoms. The Balaban J connectivity index is 2.09. The molecular weight excluding hydrogens is 212 g/mol. The number of nitrogens with zero attached hydrogens (tertiary/aromatic N) is 2. The van der Waals surface area contributed by atoms with Gasteiger partial charge in [0.25, 0.3) is 0 Å². The molecular formula is C14H24N2O. The zero-order chi connectivity index (χ0) is 12.5. The van der Waals surface area contributed by atoms with E-state index in [2.05, 4.69) is 25.0 Å². The van der Waals surface area contributed by atoms with E-state index >= 15 is 0 Å². The van der Waals surface area contributed by atoms with E-state index in [0.29, 0.717) is 0 Å². The predicted molar refractivity (Wildman–Crippen MR) is 68.9 cm³/mol. The third-order valence-corrected chi connectivity index (χ3v) is 4.00. The zero-order valence-electron chi connectivity index (χ0n) is 11.2. The van der Waals surface area contributed by atoms with E-state index in [1.807, 2.05) is 11.6 Å². The summed E-state index contributed by atoms with van der Waals surface area (Å²) in [7, 11) is 0. The highest BCUT2D eigenvalue weighted by atomic mass is 16.3. The van der Waals surface area contributed by atoms with E-state index in [0.717, 1.165) is 50.3 Å². The van der Waals surface area contributed by atoms with Crippen LogP contribution in [0.3, 0.4) is 0 Å². The zero-order valence-corrected chi connectivity index (χ0v) is 11.2. The van der Waals surface area contributed by atoms with Crippen LogP contribution in [0.25, 0.3) is 0 Å². The van der Waals surface area contributed by atoms with E-state index in [9.17, 15) is 5.11 Å². The van der Waals surface area contributed by atoms with Crippen LogP contribution in [0.15, 0.2) is 6.07 Å². The Kier molecular flexibility index (Phi) is 3.57. The summed E-state index contributed by atoms with van der Waals surface area (Å²) in [5.74, 6) is 0.771. The molecule has 0 bridgehead atoms. The quantitative estimate of drug-likeness (QED) is 0.876. The average molecular weight is 236 g/mol. The summed E-state index contributed by atoms with van der Waals surface area (Å²) in [6.45, 7) is 7.28. The summed E-state index contributed by atoms with van der Waals surface area (Å²) < 4.78 is 2.02. The maximum atomic E-state index is 10.6. The van der Waals surface area contributed by atoms with Gasteiger partial charge in [0.05, 0.1) is 11.3 Å². The Morgan fingerprint density at radius 2 is 2.12 bits per heavy atom. The van der Waals surface area contributed by atoms with Crippen molar-refractivity contribution in [2.24, 2.45) is 5.92 Å². The molecule has 1 aromatic heterocycles. The van der Waals surface area contributed by atoms with Crippen LogP contribution in [0.4, 0.5) is 0 Å². The van der Waals surface area contributed by atoms with Crippen LogP contribution in [-0.2, 0) is 13.0 Å². The molecule has 0 spiro atoms. The van der Waals surface area contributed by atoms with Crippen LogP contribution in [0.2, 0.25) is 0 Å². The van der Waals surface area contributed by atoms with Gasteiger partial charge in [0.1, 0.15) is 0 Å². The van der Waals surface area contributed by atoms with Crippen LogP contribution in [0.1, 0.15) is 50.9 Å². The van der Waals surface area contributed by atoms with E-state index < -0.39 is 5.60 Å². The maximum absolute atomic E-state index is 10.6. The second-order valence-corrected chi connectivity index (χ2v) is 5.68. The first kappa shape index (κ1) is 12.6. The van der Waals surface area contributed by atoms with E-state index in [-0.39, 0.29) is 0 Å². The molecule has 96 valence electrons. The molecule has 1 aliphatic rings. The van der Waals surface area contributed by atoms with Gasteiger partial charge < -0.3 is 5.11 Å². The number of aryl methyl sites for hydroxylation is 2. The van der Waals surface area contributed by atoms with E-state index in [1.165, 1.54) is 5.69 Å². The van der Waals surface area contributed by atoms with Crippen LogP contribution < -0.4 is 0 Å². The van der Waals surface area contributed by atoms with Crippen molar-refractivity contribution in [3.8, 4) is 0 Å². The van der Waals surface area contributed by atoms with Crippen LogP contribution in [-0.4, -0.2) is 20.5 Å². The van der Waals surface area contributed by atoms with Crippen molar-refractivity contribution in [1.82, 2.24) is 9.78 Å². The summed E-state index contributed by atoms with van der Waals surface area (Å²) in [4.78, 5) is 0. The fourth-order valence-corrected chi connectivity index (χ4v) is 2.83. The monoisotopic (exact) mass is 236 g/mol. The Morgan fingerprint density at radius 3 is 2.71 bits per heavy atom. The number of hydrogen-bond acceptors (Lipinski definition) is 2. The highest BCUT2D eigenvalue weighted by Gasteiger charge is 2.32. The molecule has 1 saturated carbocycles. The lowest BCUT2D eigenvalue weighted by atomic mass is 9.77. The smallest absolute Gasteiger partial charge is 0.0703 e. The highest BCUT2D eigenvalue weighted by molar-refractivity contribution is 5.12. The van der Waals surface area contributed by atoms with Gasteiger partial charge in [0.15, 0.2) is 0 Å². The molecule has 1 fully saturated rings. The van der Waals surface area contributed by atoms with Gasteiger partial charge in [0, 0.05) is 18.7 Å². The highest BCUT2D eigenvalue weighted by Crippen LogP contribution is 2.34. The molecule has 17 heavy (non-hydrogen) atoms. The standard InChI is InChI=1S/C14H24N2O/c1-4-16-13(9-12(3)15-16)10-14(17)7-5-11(2)6-8-14/h9,11,17H,4-8,10H2,1-3H3. The molecule has 1 N–H and O–H groups in total. The molecule has 0 amide bonds. The molecule has 0 radical (unpaired) electrons. The van der Waals surface area contributed by atoms with Gasteiger partial charge in [-0.2, -0.15) is 5.10 Å². The molecule has 1 aromatic rings.